The number of carbonyl (C=O) groups excluding carboxylic acids is 1. The predicted molar refractivity (Wildman–Crippen MR) is 73.0 cm³/mol. The standard InChI is InChI=1S/C13H19N3O3/c1-3-15(13(17)10-14-2)8-7-11-5-4-6-12(9-11)16(18)19/h4-6,9,14H,3,7-8,10H2,1-2H3. The lowest BCUT2D eigenvalue weighted by atomic mass is 10.1. The molecular weight excluding hydrogens is 246 g/mol. The molecule has 0 aliphatic carbocycles. The highest BCUT2D eigenvalue weighted by Gasteiger charge is 2.11. The van der Waals surface area contributed by atoms with Crippen LogP contribution in [0.15, 0.2) is 24.3 Å². The molecule has 0 spiro atoms. The summed E-state index contributed by atoms with van der Waals surface area (Å²) in [4.78, 5) is 23.7. The van der Waals surface area contributed by atoms with Crippen LogP contribution in [-0.2, 0) is 11.2 Å². The van der Waals surface area contributed by atoms with Crippen LogP contribution >= 0.6 is 0 Å². The highest BCUT2D eigenvalue weighted by atomic mass is 16.6. The van der Waals surface area contributed by atoms with Crippen molar-refractivity contribution in [2.24, 2.45) is 0 Å². The number of hydrogen-bond acceptors (Lipinski definition) is 4. The van der Waals surface area contributed by atoms with Crippen molar-refractivity contribution in [2.45, 2.75) is 13.3 Å². The third kappa shape index (κ3) is 4.67. The van der Waals surface area contributed by atoms with Crippen LogP contribution in [0.2, 0.25) is 0 Å². The molecule has 0 aliphatic rings. The summed E-state index contributed by atoms with van der Waals surface area (Å²) in [6.07, 6.45) is 0.616. The van der Waals surface area contributed by atoms with E-state index in [1.165, 1.54) is 6.07 Å². The molecular formula is C13H19N3O3. The van der Waals surface area contributed by atoms with Gasteiger partial charge in [0.2, 0.25) is 5.91 Å². The van der Waals surface area contributed by atoms with Gasteiger partial charge in [-0.2, -0.15) is 0 Å². The van der Waals surface area contributed by atoms with Crippen LogP contribution in [-0.4, -0.2) is 42.4 Å². The van der Waals surface area contributed by atoms with Gasteiger partial charge < -0.3 is 10.2 Å². The van der Waals surface area contributed by atoms with E-state index in [0.717, 1.165) is 5.56 Å². The number of nitro benzene ring substituents is 1. The van der Waals surface area contributed by atoms with E-state index in [4.69, 9.17) is 0 Å². The van der Waals surface area contributed by atoms with Crippen LogP contribution in [0.25, 0.3) is 0 Å². The smallest absolute Gasteiger partial charge is 0.269 e. The summed E-state index contributed by atoms with van der Waals surface area (Å²) in [5.74, 6) is 0.0374. The lowest BCUT2D eigenvalue weighted by molar-refractivity contribution is -0.384. The van der Waals surface area contributed by atoms with E-state index in [1.807, 2.05) is 13.0 Å². The van der Waals surface area contributed by atoms with Gasteiger partial charge in [0, 0.05) is 25.2 Å². The van der Waals surface area contributed by atoms with Gasteiger partial charge in [0.15, 0.2) is 0 Å². The summed E-state index contributed by atoms with van der Waals surface area (Å²) in [5, 5.41) is 13.5. The largest absolute Gasteiger partial charge is 0.342 e. The molecule has 6 heteroatoms. The number of non-ortho nitro benzene ring substituents is 1. The molecule has 1 N–H and O–H groups in total. The van der Waals surface area contributed by atoms with Crippen molar-refractivity contribution in [3.63, 3.8) is 0 Å². The highest BCUT2D eigenvalue weighted by molar-refractivity contribution is 5.78. The number of nitro groups is 1. The lowest BCUT2D eigenvalue weighted by Gasteiger charge is -2.20. The van der Waals surface area contributed by atoms with E-state index < -0.39 is 4.92 Å². The maximum absolute atomic E-state index is 11.7. The molecule has 1 rings (SSSR count). The quantitative estimate of drug-likeness (QED) is 0.594. The number of benzene rings is 1. The fourth-order valence-corrected chi connectivity index (χ4v) is 1.81. The van der Waals surface area contributed by atoms with Crippen molar-refractivity contribution in [1.82, 2.24) is 10.2 Å². The van der Waals surface area contributed by atoms with Crippen LogP contribution in [0.1, 0.15) is 12.5 Å². The van der Waals surface area contributed by atoms with E-state index in [1.54, 1.807) is 24.1 Å². The number of carbonyl (C=O) groups is 1. The number of amides is 1. The van der Waals surface area contributed by atoms with Crippen molar-refractivity contribution in [3.8, 4) is 0 Å². The van der Waals surface area contributed by atoms with Crippen molar-refractivity contribution in [2.75, 3.05) is 26.7 Å². The summed E-state index contributed by atoms with van der Waals surface area (Å²) in [5.41, 5.74) is 0.951. The molecule has 0 atom stereocenters. The Hall–Kier alpha value is -1.95. The Bertz CT molecular complexity index is 449. The molecule has 0 bridgehead atoms. The normalized spacial score (nSPS) is 10.2. The molecule has 1 amide bonds. The zero-order valence-corrected chi connectivity index (χ0v) is 11.3. The molecule has 104 valence electrons. The van der Waals surface area contributed by atoms with Gasteiger partial charge in [0.25, 0.3) is 5.69 Å². The second kappa shape index (κ2) is 7.48. The lowest BCUT2D eigenvalue weighted by Crippen LogP contribution is -2.38. The van der Waals surface area contributed by atoms with Crippen LogP contribution in [0.4, 0.5) is 5.69 Å². The van der Waals surface area contributed by atoms with Gasteiger partial charge in [0.05, 0.1) is 11.5 Å². The Labute approximate surface area is 112 Å². The molecule has 1 aromatic carbocycles. The molecule has 19 heavy (non-hydrogen) atoms. The third-order valence-corrected chi connectivity index (χ3v) is 2.85. The number of hydrogen-bond donors (Lipinski definition) is 1. The molecule has 1 aromatic rings. The Morgan fingerprint density at radius 3 is 2.79 bits per heavy atom. The first-order valence-corrected chi connectivity index (χ1v) is 6.24. The van der Waals surface area contributed by atoms with Gasteiger partial charge in [-0.3, -0.25) is 14.9 Å². The van der Waals surface area contributed by atoms with Crippen LogP contribution in [0.5, 0.6) is 0 Å². The van der Waals surface area contributed by atoms with Gasteiger partial charge in [-0.15, -0.1) is 0 Å². The van der Waals surface area contributed by atoms with Crippen molar-refractivity contribution < 1.29 is 9.72 Å². The summed E-state index contributed by atoms with van der Waals surface area (Å²) >= 11 is 0. The summed E-state index contributed by atoms with van der Waals surface area (Å²) in [6, 6.07) is 6.52. The van der Waals surface area contributed by atoms with Crippen molar-refractivity contribution >= 4 is 11.6 Å². The van der Waals surface area contributed by atoms with Gasteiger partial charge in [0.1, 0.15) is 0 Å². The molecule has 0 aliphatic heterocycles. The van der Waals surface area contributed by atoms with E-state index in [-0.39, 0.29) is 11.6 Å². The van der Waals surface area contributed by atoms with Crippen molar-refractivity contribution in [3.05, 3.63) is 39.9 Å². The number of nitrogens with zero attached hydrogens (tertiary/aromatic N) is 2. The molecule has 0 saturated heterocycles. The van der Waals surface area contributed by atoms with Gasteiger partial charge in [-0.05, 0) is 26.0 Å². The average molecular weight is 265 g/mol. The predicted octanol–water partition coefficient (Wildman–Crippen LogP) is 1.21. The molecule has 0 fully saturated rings. The zero-order chi connectivity index (χ0) is 14.3. The first-order chi connectivity index (χ1) is 9.08. The number of likely N-dealkylation sites (N-methyl/N-ethyl adjacent to an activating group) is 2. The Morgan fingerprint density at radius 2 is 2.21 bits per heavy atom. The first kappa shape index (κ1) is 15.1. The minimum absolute atomic E-state index is 0.0374. The Morgan fingerprint density at radius 1 is 1.47 bits per heavy atom. The SMILES string of the molecule is CCN(CCc1cccc([N+](=O)[O-])c1)C(=O)CNC. The summed E-state index contributed by atoms with van der Waals surface area (Å²) in [7, 11) is 1.73. The van der Waals surface area contributed by atoms with Crippen LogP contribution in [0, 0.1) is 10.1 Å². The number of nitrogens with one attached hydrogen (secondary N) is 1. The monoisotopic (exact) mass is 265 g/mol. The third-order valence-electron chi connectivity index (χ3n) is 2.85. The van der Waals surface area contributed by atoms with E-state index in [0.29, 0.717) is 26.1 Å². The second-order valence-corrected chi connectivity index (χ2v) is 4.18. The van der Waals surface area contributed by atoms with Crippen LogP contribution in [0.3, 0.4) is 0 Å². The Balaban J connectivity index is 2.62. The minimum Gasteiger partial charge on any atom is -0.342 e. The second-order valence-electron chi connectivity index (χ2n) is 4.18. The molecule has 0 radical (unpaired) electrons. The summed E-state index contributed by atoms with van der Waals surface area (Å²) in [6.45, 7) is 3.43. The molecule has 0 saturated carbocycles. The first-order valence-electron chi connectivity index (χ1n) is 6.24. The minimum atomic E-state index is -0.409. The van der Waals surface area contributed by atoms with Gasteiger partial charge in [-0.25, -0.2) is 0 Å². The summed E-state index contributed by atoms with van der Waals surface area (Å²) < 4.78 is 0. The topological polar surface area (TPSA) is 75.5 Å². The van der Waals surface area contributed by atoms with Crippen molar-refractivity contribution in [1.29, 1.82) is 0 Å². The zero-order valence-electron chi connectivity index (χ0n) is 11.3. The van der Waals surface area contributed by atoms with E-state index in [2.05, 4.69) is 5.32 Å². The van der Waals surface area contributed by atoms with Crippen LogP contribution < -0.4 is 5.32 Å². The fraction of sp³-hybridized carbons (Fsp3) is 0.462. The van der Waals surface area contributed by atoms with E-state index in [9.17, 15) is 14.9 Å². The molecule has 0 aromatic heterocycles. The molecule has 0 heterocycles. The average Bonchev–Trinajstić information content (AvgIpc) is 2.40. The fourth-order valence-electron chi connectivity index (χ4n) is 1.81. The molecule has 6 nitrogen and oxygen atoms in total. The maximum atomic E-state index is 11.7. The Kier molecular flexibility index (Phi) is 5.95. The van der Waals surface area contributed by atoms with Gasteiger partial charge in [-0.1, -0.05) is 12.1 Å². The van der Waals surface area contributed by atoms with E-state index >= 15 is 0 Å². The number of rotatable bonds is 7. The highest BCUT2D eigenvalue weighted by Crippen LogP contribution is 2.13. The van der Waals surface area contributed by atoms with Gasteiger partial charge >= 0.3 is 0 Å². The molecule has 0 unspecified atom stereocenters. The maximum Gasteiger partial charge on any atom is 0.269 e.